The van der Waals surface area contributed by atoms with Crippen molar-refractivity contribution in [2.24, 2.45) is 0 Å². The molecule has 19 heavy (non-hydrogen) atoms. The molecule has 0 aliphatic rings. The molecule has 0 heterocycles. The zero-order valence-corrected chi connectivity index (χ0v) is 12.7. The molecule has 0 saturated carbocycles. The van der Waals surface area contributed by atoms with Gasteiger partial charge in [0.05, 0.1) is 6.61 Å². The summed E-state index contributed by atoms with van der Waals surface area (Å²) in [5.74, 6) is -1.10. The SMILES string of the molecule is CCOC(CO[P-]c1ccccc1)(OCC)OCC. The first-order chi connectivity index (χ1) is 9.26. The van der Waals surface area contributed by atoms with Crippen molar-refractivity contribution in [1.29, 1.82) is 0 Å². The molecule has 0 N–H and O–H groups in total. The fraction of sp³-hybridized carbons (Fsp3) is 0.571. The average Bonchev–Trinajstić information content (AvgIpc) is 2.41. The van der Waals surface area contributed by atoms with Gasteiger partial charge in [0.2, 0.25) is 0 Å². The second-order valence-corrected chi connectivity index (χ2v) is 4.64. The van der Waals surface area contributed by atoms with Gasteiger partial charge in [-0.2, -0.15) is 5.30 Å². The van der Waals surface area contributed by atoms with E-state index in [1.165, 1.54) is 0 Å². The highest BCUT2D eigenvalue weighted by Gasteiger charge is 2.31. The van der Waals surface area contributed by atoms with Crippen LogP contribution in [0.5, 0.6) is 0 Å². The quantitative estimate of drug-likeness (QED) is 0.489. The van der Waals surface area contributed by atoms with Crippen molar-refractivity contribution < 1.29 is 18.7 Å². The van der Waals surface area contributed by atoms with E-state index in [-0.39, 0.29) is 6.61 Å². The van der Waals surface area contributed by atoms with Crippen LogP contribution in [0.4, 0.5) is 0 Å². The molecule has 1 rings (SSSR count). The first-order valence-electron chi connectivity index (χ1n) is 6.56. The molecule has 0 spiro atoms. The lowest BCUT2D eigenvalue weighted by molar-refractivity contribution is -0.384. The van der Waals surface area contributed by atoms with Gasteiger partial charge >= 0.3 is 5.97 Å². The molecule has 0 unspecified atom stereocenters. The number of hydrogen-bond acceptors (Lipinski definition) is 4. The predicted molar refractivity (Wildman–Crippen MR) is 76.6 cm³/mol. The monoisotopic (exact) mass is 285 g/mol. The molecule has 0 fully saturated rings. The van der Waals surface area contributed by atoms with Crippen molar-refractivity contribution in [3.8, 4) is 0 Å². The Labute approximate surface area is 117 Å². The fourth-order valence-corrected chi connectivity index (χ4v) is 2.25. The van der Waals surface area contributed by atoms with Crippen LogP contribution in [-0.4, -0.2) is 32.4 Å². The largest absolute Gasteiger partial charge is 0.547 e. The number of benzene rings is 1. The van der Waals surface area contributed by atoms with Crippen molar-refractivity contribution in [3.05, 3.63) is 30.3 Å². The fourth-order valence-electron chi connectivity index (χ4n) is 1.58. The summed E-state index contributed by atoms with van der Waals surface area (Å²) in [6, 6.07) is 9.94. The van der Waals surface area contributed by atoms with Crippen LogP contribution in [0, 0.1) is 0 Å². The minimum absolute atomic E-state index is 0.235. The molecule has 1 aromatic carbocycles. The Hall–Kier alpha value is -0.510. The predicted octanol–water partition coefficient (Wildman–Crippen LogP) is 2.95. The van der Waals surface area contributed by atoms with Crippen LogP contribution < -0.4 is 5.30 Å². The molecule has 0 aliphatic carbocycles. The third-order valence-corrected chi connectivity index (χ3v) is 3.03. The molecule has 0 atom stereocenters. The lowest BCUT2D eigenvalue weighted by atomic mass is 10.4. The number of rotatable bonds is 10. The summed E-state index contributed by atoms with van der Waals surface area (Å²) in [5, 5.41) is 1.08. The third-order valence-electron chi connectivity index (χ3n) is 2.26. The van der Waals surface area contributed by atoms with E-state index in [9.17, 15) is 0 Å². The Bertz CT molecular complexity index is 314. The van der Waals surface area contributed by atoms with E-state index in [4.69, 9.17) is 18.7 Å². The molecule has 0 amide bonds. The molecule has 108 valence electrons. The summed E-state index contributed by atoms with van der Waals surface area (Å²) in [6.07, 6.45) is 0. The van der Waals surface area contributed by atoms with Crippen LogP contribution in [0.15, 0.2) is 30.3 Å². The van der Waals surface area contributed by atoms with Crippen LogP contribution in [0.25, 0.3) is 0 Å². The van der Waals surface area contributed by atoms with E-state index in [1.807, 2.05) is 51.1 Å². The molecule has 0 aliphatic heterocycles. The Balaban J connectivity index is 2.51. The van der Waals surface area contributed by atoms with E-state index in [2.05, 4.69) is 0 Å². The Morgan fingerprint density at radius 3 is 1.89 bits per heavy atom. The Kier molecular flexibility index (Phi) is 8.19. The van der Waals surface area contributed by atoms with Crippen molar-refractivity contribution >= 4 is 14.1 Å². The van der Waals surface area contributed by atoms with Gasteiger partial charge in [-0.15, -0.1) is 0 Å². The van der Waals surface area contributed by atoms with E-state index in [1.54, 1.807) is 0 Å². The lowest BCUT2D eigenvalue weighted by Gasteiger charge is -2.35. The summed E-state index contributed by atoms with van der Waals surface area (Å²) in [6.45, 7) is 7.47. The van der Waals surface area contributed by atoms with Crippen LogP contribution >= 0.6 is 8.81 Å². The summed E-state index contributed by atoms with van der Waals surface area (Å²) in [7, 11) is 0.768. The zero-order valence-electron chi connectivity index (χ0n) is 11.8. The van der Waals surface area contributed by atoms with Crippen LogP contribution in [0.3, 0.4) is 0 Å². The Morgan fingerprint density at radius 1 is 0.895 bits per heavy atom. The first-order valence-corrected chi connectivity index (χ1v) is 7.37. The Morgan fingerprint density at radius 2 is 1.42 bits per heavy atom. The summed E-state index contributed by atoms with van der Waals surface area (Å²) in [5.41, 5.74) is 0. The summed E-state index contributed by atoms with van der Waals surface area (Å²) < 4.78 is 22.4. The second-order valence-electron chi connectivity index (χ2n) is 3.68. The molecular formula is C14H22O4P-. The van der Waals surface area contributed by atoms with E-state index in [0.29, 0.717) is 19.8 Å². The van der Waals surface area contributed by atoms with Gasteiger partial charge in [-0.25, -0.2) is 0 Å². The topological polar surface area (TPSA) is 36.9 Å². The minimum Gasteiger partial charge on any atom is -0.547 e. The van der Waals surface area contributed by atoms with Crippen molar-refractivity contribution in [2.75, 3.05) is 26.4 Å². The van der Waals surface area contributed by atoms with Gasteiger partial charge in [-0.1, -0.05) is 30.3 Å². The van der Waals surface area contributed by atoms with Crippen LogP contribution in [0.2, 0.25) is 0 Å². The standard InChI is InChI=1S/C14H22O4P/c1-4-15-14(16-5-2,17-6-3)12-18-19-13-10-8-7-9-11-13/h7-11H,4-6,12H2,1-3H3/q-1. The van der Waals surface area contributed by atoms with Crippen molar-refractivity contribution in [2.45, 2.75) is 26.7 Å². The molecule has 5 heteroatoms. The number of hydrogen-bond donors (Lipinski definition) is 0. The van der Waals surface area contributed by atoms with Crippen molar-refractivity contribution in [1.82, 2.24) is 0 Å². The molecule has 0 radical (unpaired) electrons. The molecule has 0 saturated heterocycles. The maximum atomic E-state index is 5.64. The van der Waals surface area contributed by atoms with Gasteiger partial charge in [0.25, 0.3) is 0 Å². The first kappa shape index (κ1) is 16.5. The van der Waals surface area contributed by atoms with Gasteiger partial charge in [0, 0.05) is 19.8 Å². The van der Waals surface area contributed by atoms with Gasteiger partial charge in [0.1, 0.15) is 0 Å². The van der Waals surface area contributed by atoms with Gasteiger partial charge in [-0.05, 0) is 20.8 Å². The minimum atomic E-state index is -1.10. The highest BCUT2D eigenvalue weighted by Crippen LogP contribution is 2.21. The third kappa shape index (κ3) is 5.98. The van der Waals surface area contributed by atoms with Crippen LogP contribution in [0.1, 0.15) is 20.8 Å². The highest BCUT2D eigenvalue weighted by atomic mass is 31.1. The molecular weight excluding hydrogens is 263 g/mol. The second kappa shape index (κ2) is 9.40. The van der Waals surface area contributed by atoms with E-state index in [0.717, 1.165) is 14.1 Å². The molecule has 4 nitrogen and oxygen atoms in total. The molecule has 1 aromatic rings. The van der Waals surface area contributed by atoms with Gasteiger partial charge in [0.15, 0.2) is 0 Å². The maximum Gasteiger partial charge on any atom is 0.304 e. The summed E-state index contributed by atoms with van der Waals surface area (Å²) in [4.78, 5) is 0. The van der Waals surface area contributed by atoms with Gasteiger partial charge < -0.3 is 27.5 Å². The molecule has 0 bridgehead atoms. The van der Waals surface area contributed by atoms with Gasteiger partial charge in [-0.3, -0.25) is 0 Å². The van der Waals surface area contributed by atoms with Crippen molar-refractivity contribution in [3.63, 3.8) is 0 Å². The highest BCUT2D eigenvalue weighted by molar-refractivity contribution is 7.41. The summed E-state index contributed by atoms with van der Waals surface area (Å²) >= 11 is 0. The van der Waals surface area contributed by atoms with Crippen LogP contribution in [-0.2, 0) is 18.7 Å². The van der Waals surface area contributed by atoms with E-state index < -0.39 is 5.97 Å². The normalized spacial score (nSPS) is 12.4. The maximum absolute atomic E-state index is 5.64. The average molecular weight is 285 g/mol. The zero-order chi connectivity index (χ0) is 14.0. The van der Waals surface area contributed by atoms with E-state index >= 15 is 0 Å². The molecule has 0 aromatic heterocycles. The number of ether oxygens (including phenoxy) is 3. The lowest BCUT2D eigenvalue weighted by Crippen LogP contribution is -2.43. The smallest absolute Gasteiger partial charge is 0.304 e.